The van der Waals surface area contributed by atoms with E-state index in [-0.39, 0.29) is 10.7 Å². The van der Waals surface area contributed by atoms with Crippen LogP contribution < -0.4 is 4.57 Å². The number of thioether (sulfide) groups is 2. The molecule has 1 aromatic heterocycles. The topological polar surface area (TPSA) is 52.0 Å². The van der Waals surface area contributed by atoms with Crippen LogP contribution in [0, 0.1) is 10.1 Å². The molecule has 0 aromatic carbocycles. The van der Waals surface area contributed by atoms with Crippen molar-refractivity contribution in [3.63, 3.8) is 0 Å². The zero-order chi connectivity index (χ0) is 13.4. The molecule has 0 atom stereocenters. The summed E-state index contributed by atoms with van der Waals surface area (Å²) in [6, 6.07) is 0. The standard InChI is InChI=1S/C11H20N3O2S2/c1-3-17-7-5-12-9-11(14(15)16)13(10-12)6-8-18-4-2/h9-10H,3-8H2,1-2H3/q+1. The van der Waals surface area contributed by atoms with Crippen molar-refractivity contribution in [2.24, 2.45) is 0 Å². The maximum atomic E-state index is 11.0. The molecule has 5 nitrogen and oxygen atoms in total. The van der Waals surface area contributed by atoms with Gasteiger partial charge >= 0.3 is 5.82 Å². The second kappa shape index (κ2) is 8.42. The third-order valence-corrected chi connectivity index (χ3v) is 4.19. The highest BCUT2D eigenvalue weighted by molar-refractivity contribution is 7.99. The van der Waals surface area contributed by atoms with Crippen LogP contribution in [-0.4, -0.2) is 32.5 Å². The maximum Gasteiger partial charge on any atom is 0.365 e. The lowest BCUT2D eigenvalue weighted by molar-refractivity contribution is -0.693. The van der Waals surface area contributed by atoms with Crippen LogP contribution in [0.2, 0.25) is 0 Å². The summed E-state index contributed by atoms with van der Waals surface area (Å²) in [5.41, 5.74) is 0. The Morgan fingerprint density at radius 3 is 2.61 bits per heavy atom. The quantitative estimate of drug-likeness (QED) is 0.303. The fraction of sp³-hybridized carbons (Fsp3) is 0.727. The Kier molecular flexibility index (Phi) is 7.19. The molecule has 1 aromatic rings. The predicted molar refractivity (Wildman–Crippen MR) is 77.3 cm³/mol. The van der Waals surface area contributed by atoms with Crippen molar-refractivity contribution in [2.75, 3.05) is 23.0 Å². The number of nitrogens with zero attached hydrogens (tertiary/aromatic N) is 3. The lowest BCUT2D eigenvalue weighted by atomic mass is 10.6. The first-order chi connectivity index (χ1) is 8.69. The van der Waals surface area contributed by atoms with Gasteiger partial charge in [0.1, 0.15) is 6.54 Å². The number of imidazole rings is 1. The summed E-state index contributed by atoms with van der Waals surface area (Å²) < 4.78 is 3.65. The van der Waals surface area contributed by atoms with Gasteiger partial charge in [-0.15, -0.1) is 0 Å². The van der Waals surface area contributed by atoms with E-state index in [0.29, 0.717) is 6.54 Å². The number of nitro groups is 1. The van der Waals surface area contributed by atoms with E-state index in [2.05, 4.69) is 13.8 Å². The van der Waals surface area contributed by atoms with Gasteiger partial charge < -0.3 is 10.1 Å². The molecule has 0 saturated carbocycles. The molecule has 102 valence electrons. The molecule has 1 rings (SSSR count). The van der Waals surface area contributed by atoms with E-state index in [9.17, 15) is 10.1 Å². The third-order valence-electron chi connectivity index (χ3n) is 2.43. The van der Waals surface area contributed by atoms with Gasteiger partial charge in [0.2, 0.25) is 6.33 Å². The number of hydrogen-bond acceptors (Lipinski definition) is 4. The summed E-state index contributed by atoms with van der Waals surface area (Å²) >= 11 is 3.64. The van der Waals surface area contributed by atoms with Crippen molar-refractivity contribution in [1.82, 2.24) is 4.57 Å². The Hall–Kier alpha value is -0.690. The first-order valence-corrected chi connectivity index (χ1v) is 8.39. The minimum Gasteiger partial charge on any atom is -0.358 e. The first kappa shape index (κ1) is 15.4. The number of aromatic nitrogens is 2. The molecule has 0 N–H and O–H groups in total. The molecule has 1 heterocycles. The largest absolute Gasteiger partial charge is 0.365 e. The molecule has 0 aliphatic heterocycles. The highest BCUT2D eigenvalue weighted by atomic mass is 32.2. The molecule has 0 bridgehead atoms. The van der Waals surface area contributed by atoms with Crippen molar-refractivity contribution in [3.8, 4) is 0 Å². The van der Waals surface area contributed by atoms with E-state index in [1.807, 2.05) is 22.7 Å². The Labute approximate surface area is 116 Å². The molecule has 0 spiro atoms. The van der Waals surface area contributed by atoms with Gasteiger partial charge in [-0.2, -0.15) is 28.1 Å². The lowest BCUT2D eigenvalue weighted by Crippen LogP contribution is -2.32. The second-order valence-electron chi connectivity index (χ2n) is 3.68. The van der Waals surface area contributed by atoms with Crippen molar-refractivity contribution in [3.05, 3.63) is 22.6 Å². The van der Waals surface area contributed by atoms with Crippen molar-refractivity contribution in [1.29, 1.82) is 0 Å². The number of rotatable bonds is 9. The molecular weight excluding hydrogens is 270 g/mol. The van der Waals surface area contributed by atoms with E-state index in [4.69, 9.17) is 0 Å². The zero-order valence-corrected chi connectivity index (χ0v) is 12.5. The summed E-state index contributed by atoms with van der Waals surface area (Å²) in [6.07, 6.45) is 3.48. The highest BCUT2D eigenvalue weighted by Crippen LogP contribution is 2.10. The summed E-state index contributed by atoms with van der Waals surface area (Å²) in [5.74, 6) is 4.22. The van der Waals surface area contributed by atoms with E-state index < -0.39 is 0 Å². The van der Waals surface area contributed by atoms with Gasteiger partial charge in [-0.05, 0) is 16.4 Å². The van der Waals surface area contributed by atoms with Crippen molar-refractivity contribution < 1.29 is 9.49 Å². The van der Waals surface area contributed by atoms with Crippen LogP contribution in [0.25, 0.3) is 0 Å². The van der Waals surface area contributed by atoms with E-state index in [1.165, 1.54) is 0 Å². The Balaban J connectivity index is 2.64. The number of aryl methyl sites for hydroxylation is 2. The highest BCUT2D eigenvalue weighted by Gasteiger charge is 2.18. The number of hydrogen-bond donors (Lipinski definition) is 0. The molecule has 0 aliphatic rings. The molecule has 0 fully saturated rings. The van der Waals surface area contributed by atoms with Gasteiger partial charge in [0.05, 0.1) is 6.54 Å². The minimum absolute atomic E-state index is 0.188. The van der Waals surface area contributed by atoms with Crippen LogP contribution in [0.1, 0.15) is 13.8 Å². The molecule has 18 heavy (non-hydrogen) atoms. The normalized spacial score (nSPS) is 10.8. The molecule has 7 heteroatoms. The van der Waals surface area contributed by atoms with Crippen LogP contribution in [0.5, 0.6) is 0 Å². The average Bonchev–Trinajstić information content (AvgIpc) is 2.73. The first-order valence-electron chi connectivity index (χ1n) is 6.08. The molecule has 0 aliphatic carbocycles. The van der Waals surface area contributed by atoms with E-state index in [0.717, 1.165) is 29.6 Å². The van der Waals surface area contributed by atoms with Crippen LogP contribution >= 0.6 is 23.5 Å². The monoisotopic (exact) mass is 290 g/mol. The summed E-state index contributed by atoms with van der Waals surface area (Å²) in [6.45, 7) is 5.73. The predicted octanol–water partition coefficient (Wildman–Crippen LogP) is 2.19. The van der Waals surface area contributed by atoms with Crippen LogP contribution in [0.4, 0.5) is 5.82 Å². The molecule has 0 unspecified atom stereocenters. The fourth-order valence-corrected chi connectivity index (χ4v) is 2.81. The average molecular weight is 290 g/mol. The van der Waals surface area contributed by atoms with Gasteiger partial charge in [-0.1, -0.05) is 13.8 Å². The van der Waals surface area contributed by atoms with Crippen LogP contribution in [0.3, 0.4) is 0 Å². The Morgan fingerprint density at radius 1 is 1.33 bits per heavy atom. The van der Waals surface area contributed by atoms with Crippen LogP contribution in [-0.2, 0) is 13.1 Å². The molecule has 0 amide bonds. The summed E-state index contributed by atoms with van der Waals surface area (Å²) in [7, 11) is 0. The van der Waals surface area contributed by atoms with Gasteiger partial charge in [-0.3, -0.25) is 0 Å². The van der Waals surface area contributed by atoms with Gasteiger partial charge in [0, 0.05) is 11.5 Å². The third kappa shape index (κ3) is 4.89. The van der Waals surface area contributed by atoms with E-state index in [1.54, 1.807) is 22.5 Å². The Morgan fingerprint density at radius 2 is 2.00 bits per heavy atom. The molecular formula is C11H20N3O2S2+. The van der Waals surface area contributed by atoms with Crippen LogP contribution in [0.15, 0.2) is 12.5 Å². The van der Waals surface area contributed by atoms with Crippen molar-refractivity contribution in [2.45, 2.75) is 26.9 Å². The minimum atomic E-state index is -0.305. The van der Waals surface area contributed by atoms with Gasteiger partial charge in [-0.25, -0.2) is 4.57 Å². The lowest BCUT2D eigenvalue weighted by Gasteiger charge is -1.98. The smallest absolute Gasteiger partial charge is 0.358 e. The van der Waals surface area contributed by atoms with E-state index >= 15 is 0 Å². The maximum absolute atomic E-state index is 11.0. The van der Waals surface area contributed by atoms with Gasteiger partial charge in [0.25, 0.3) is 0 Å². The van der Waals surface area contributed by atoms with Gasteiger partial charge in [0.15, 0.2) is 6.20 Å². The molecule has 0 saturated heterocycles. The SMILES string of the molecule is CCSCCn1c[n+](CCSCC)cc1[N+](=O)[O-]. The zero-order valence-electron chi connectivity index (χ0n) is 10.9. The second-order valence-corrected chi connectivity index (χ2v) is 6.47. The summed E-state index contributed by atoms with van der Waals surface area (Å²) in [5, 5.41) is 11.0. The van der Waals surface area contributed by atoms with Crippen molar-refractivity contribution >= 4 is 29.3 Å². The summed E-state index contributed by atoms with van der Waals surface area (Å²) in [4.78, 5) is 10.7. The molecule has 0 radical (unpaired) electrons. The Bertz CT molecular complexity index is 382. The fourth-order valence-electron chi connectivity index (χ4n) is 1.56.